The van der Waals surface area contributed by atoms with Crippen LogP contribution in [0.1, 0.15) is 22.0 Å². The van der Waals surface area contributed by atoms with Crippen molar-refractivity contribution in [3.63, 3.8) is 0 Å². The van der Waals surface area contributed by atoms with Gasteiger partial charge in [-0.25, -0.2) is 4.98 Å². The standard InChI is InChI=1S/C11H18N2O2S/c1-7-8(2)16-10(13-7)5-9(12)6-11-14-3-4-15-11/h9,11H,3-6,12H2,1-2H3. The second-order valence-corrected chi connectivity index (χ2v) is 5.41. The minimum absolute atomic E-state index is 0.0630. The Bertz CT molecular complexity index is 328. The zero-order valence-electron chi connectivity index (χ0n) is 9.73. The molecule has 0 saturated carbocycles. The van der Waals surface area contributed by atoms with Crippen molar-refractivity contribution in [2.75, 3.05) is 13.2 Å². The molecule has 2 N–H and O–H groups in total. The molecule has 0 radical (unpaired) electrons. The fourth-order valence-corrected chi connectivity index (χ4v) is 2.75. The van der Waals surface area contributed by atoms with E-state index in [1.54, 1.807) is 11.3 Å². The van der Waals surface area contributed by atoms with Crippen molar-refractivity contribution in [3.8, 4) is 0 Å². The Morgan fingerprint density at radius 2 is 2.12 bits per heavy atom. The summed E-state index contributed by atoms with van der Waals surface area (Å²) in [5.41, 5.74) is 7.16. The van der Waals surface area contributed by atoms with Crippen LogP contribution in [0.15, 0.2) is 0 Å². The number of ether oxygens (including phenoxy) is 2. The van der Waals surface area contributed by atoms with Gasteiger partial charge in [0.1, 0.15) is 0 Å². The first-order valence-electron chi connectivity index (χ1n) is 5.57. The van der Waals surface area contributed by atoms with E-state index >= 15 is 0 Å². The number of thiazole rings is 1. The lowest BCUT2D eigenvalue weighted by molar-refractivity contribution is -0.0504. The van der Waals surface area contributed by atoms with Gasteiger partial charge in [0.15, 0.2) is 6.29 Å². The molecule has 0 spiro atoms. The van der Waals surface area contributed by atoms with Crippen LogP contribution >= 0.6 is 11.3 Å². The molecule has 1 aromatic rings. The van der Waals surface area contributed by atoms with Crippen LogP contribution in [-0.2, 0) is 15.9 Å². The van der Waals surface area contributed by atoms with Crippen molar-refractivity contribution in [2.24, 2.45) is 5.73 Å². The smallest absolute Gasteiger partial charge is 0.159 e. The van der Waals surface area contributed by atoms with E-state index in [1.807, 2.05) is 6.92 Å². The summed E-state index contributed by atoms with van der Waals surface area (Å²) >= 11 is 1.73. The van der Waals surface area contributed by atoms with Crippen molar-refractivity contribution < 1.29 is 9.47 Å². The fourth-order valence-electron chi connectivity index (χ4n) is 1.72. The van der Waals surface area contributed by atoms with Gasteiger partial charge in [0.05, 0.1) is 23.9 Å². The number of rotatable bonds is 4. The Balaban J connectivity index is 1.84. The molecule has 1 unspecified atom stereocenters. The first-order valence-corrected chi connectivity index (χ1v) is 6.38. The monoisotopic (exact) mass is 242 g/mol. The summed E-state index contributed by atoms with van der Waals surface area (Å²) in [5.74, 6) is 0. The van der Waals surface area contributed by atoms with E-state index in [0.717, 1.165) is 23.5 Å². The van der Waals surface area contributed by atoms with Crippen LogP contribution in [0.25, 0.3) is 0 Å². The van der Waals surface area contributed by atoms with Gasteiger partial charge in [-0.15, -0.1) is 11.3 Å². The number of hydrogen-bond donors (Lipinski definition) is 1. The maximum Gasteiger partial charge on any atom is 0.159 e. The first-order chi connectivity index (χ1) is 7.65. The van der Waals surface area contributed by atoms with Crippen molar-refractivity contribution in [1.29, 1.82) is 0 Å². The van der Waals surface area contributed by atoms with Gasteiger partial charge in [0.25, 0.3) is 0 Å². The molecule has 1 aromatic heterocycles. The molecule has 0 bridgehead atoms. The SMILES string of the molecule is Cc1nc(CC(N)CC2OCCO2)sc1C. The van der Waals surface area contributed by atoms with Crippen LogP contribution < -0.4 is 5.73 Å². The Morgan fingerprint density at radius 3 is 2.69 bits per heavy atom. The predicted octanol–water partition coefficient (Wildman–Crippen LogP) is 1.39. The summed E-state index contributed by atoms with van der Waals surface area (Å²) in [4.78, 5) is 5.76. The van der Waals surface area contributed by atoms with Gasteiger partial charge < -0.3 is 15.2 Å². The van der Waals surface area contributed by atoms with E-state index in [-0.39, 0.29) is 12.3 Å². The highest BCUT2D eigenvalue weighted by Gasteiger charge is 2.20. The number of aromatic nitrogens is 1. The second kappa shape index (κ2) is 5.23. The van der Waals surface area contributed by atoms with Crippen LogP contribution in [0.3, 0.4) is 0 Å². The fraction of sp³-hybridized carbons (Fsp3) is 0.727. The van der Waals surface area contributed by atoms with Gasteiger partial charge >= 0.3 is 0 Å². The molecule has 0 aliphatic carbocycles. The molecule has 16 heavy (non-hydrogen) atoms. The summed E-state index contributed by atoms with van der Waals surface area (Å²) < 4.78 is 10.7. The quantitative estimate of drug-likeness (QED) is 0.867. The normalized spacial score (nSPS) is 19.2. The lowest BCUT2D eigenvalue weighted by Gasteiger charge is -2.14. The maximum absolute atomic E-state index is 6.05. The molecular weight excluding hydrogens is 224 g/mol. The van der Waals surface area contributed by atoms with Crippen LogP contribution in [0.4, 0.5) is 0 Å². The van der Waals surface area contributed by atoms with Gasteiger partial charge in [0, 0.05) is 23.8 Å². The van der Waals surface area contributed by atoms with Gasteiger partial charge in [-0.05, 0) is 13.8 Å². The topological polar surface area (TPSA) is 57.4 Å². The molecule has 2 rings (SSSR count). The molecule has 90 valence electrons. The Hall–Kier alpha value is -0.490. The van der Waals surface area contributed by atoms with Crippen LogP contribution in [0, 0.1) is 13.8 Å². The van der Waals surface area contributed by atoms with E-state index < -0.39 is 0 Å². The highest BCUT2D eigenvalue weighted by Crippen LogP contribution is 2.19. The van der Waals surface area contributed by atoms with Gasteiger partial charge in [-0.2, -0.15) is 0 Å². The predicted molar refractivity (Wildman–Crippen MR) is 63.6 cm³/mol. The largest absolute Gasteiger partial charge is 0.350 e. The van der Waals surface area contributed by atoms with Crippen molar-refractivity contribution >= 4 is 11.3 Å². The Morgan fingerprint density at radius 1 is 1.44 bits per heavy atom. The minimum Gasteiger partial charge on any atom is -0.350 e. The lowest BCUT2D eigenvalue weighted by Crippen LogP contribution is -2.28. The lowest BCUT2D eigenvalue weighted by atomic mass is 10.1. The molecule has 1 fully saturated rings. The summed E-state index contributed by atoms with van der Waals surface area (Å²) in [7, 11) is 0. The summed E-state index contributed by atoms with van der Waals surface area (Å²) in [5, 5.41) is 1.11. The molecule has 0 amide bonds. The minimum atomic E-state index is -0.114. The summed E-state index contributed by atoms with van der Waals surface area (Å²) in [6.45, 7) is 5.50. The van der Waals surface area contributed by atoms with Gasteiger partial charge in [-0.3, -0.25) is 0 Å². The van der Waals surface area contributed by atoms with Crippen molar-refractivity contribution in [2.45, 2.75) is 39.0 Å². The van der Waals surface area contributed by atoms with E-state index in [4.69, 9.17) is 15.2 Å². The maximum atomic E-state index is 6.05. The highest BCUT2D eigenvalue weighted by molar-refractivity contribution is 7.11. The molecule has 1 saturated heterocycles. The number of aryl methyl sites for hydroxylation is 2. The molecule has 2 heterocycles. The third-order valence-electron chi connectivity index (χ3n) is 2.70. The average molecular weight is 242 g/mol. The number of hydrogen-bond acceptors (Lipinski definition) is 5. The van der Waals surface area contributed by atoms with E-state index in [2.05, 4.69) is 11.9 Å². The molecule has 4 nitrogen and oxygen atoms in total. The van der Waals surface area contributed by atoms with Gasteiger partial charge in [-0.1, -0.05) is 0 Å². The van der Waals surface area contributed by atoms with Crippen molar-refractivity contribution in [3.05, 3.63) is 15.6 Å². The molecule has 1 aliphatic rings. The highest BCUT2D eigenvalue weighted by atomic mass is 32.1. The van der Waals surface area contributed by atoms with Crippen LogP contribution in [0.5, 0.6) is 0 Å². The molecule has 0 aromatic carbocycles. The zero-order chi connectivity index (χ0) is 11.5. The number of nitrogens with zero attached hydrogens (tertiary/aromatic N) is 1. The molecule has 5 heteroatoms. The molecule has 1 aliphatic heterocycles. The van der Waals surface area contributed by atoms with Crippen molar-refractivity contribution in [1.82, 2.24) is 4.98 Å². The third-order valence-corrected chi connectivity index (χ3v) is 3.79. The van der Waals surface area contributed by atoms with E-state index in [9.17, 15) is 0 Å². The first kappa shape index (κ1) is 12.0. The second-order valence-electron chi connectivity index (χ2n) is 4.12. The molecular formula is C11H18N2O2S. The van der Waals surface area contributed by atoms with Crippen LogP contribution in [-0.4, -0.2) is 30.5 Å². The number of nitrogens with two attached hydrogens (primary N) is 1. The summed E-state index contributed by atoms with van der Waals surface area (Å²) in [6.07, 6.45) is 1.44. The van der Waals surface area contributed by atoms with Crippen LogP contribution in [0.2, 0.25) is 0 Å². The van der Waals surface area contributed by atoms with E-state index in [0.29, 0.717) is 13.2 Å². The Kier molecular flexibility index (Phi) is 3.91. The van der Waals surface area contributed by atoms with E-state index in [1.165, 1.54) is 4.88 Å². The Labute approximate surface area is 99.8 Å². The molecule has 1 atom stereocenters. The zero-order valence-corrected chi connectivity index (χ0v) is 10.5. The summed E-state index contributed by atoms with van der Waals surface area (Å²) in [6, 6.07) is 0.0630. The average Bonchev–Trinajstić information content (AvgIpc) is 2.78. The third kappa shape index (κ3) is 3.01. The van der Waals surface area contributed by atoms with Gasteiger partial charge in [0.2, 0.25) is 0 Å².